The number of nitrogens with zero attached hydrogens (tertiary/aromatic N) is 2. The maximum Gasteiger partial charge on any atom is 0.224 e. The van der Waals surface area contributed by atoms with Crippen molar-refractivity contribution in [1.29, 1.82) is 0 Å². The van der Waals surface area contributed by atoms with Crippen LogP contribution in [0.25, 0.3) is 5.69 Å². The molecule has 0 aliphatic carbocycles. The fraction of sp³-hybridized carbons (Fsp3) is 0.238. The highest BCUT2D eigenvalue weighted by molar-refractivity contribution is 6.30. The number of amides is 1. The van der Waals surface area contributed by atoms with E-state index in [1.807, 2.05) is 68.6 Å². The number of carbonyl (C=O) groups is 1. The molecule has 0 radical (unpaired) electrons. The Balaban J connectivity index is 1.54. The molecule has 5 nitrogen and oxygen atoms in total. The molecule has 1 aromatic heterocycles. The van der Waals surface area contributed by atoms with Crippen molar-refractivity contribution < 1.29 is 9.53 Å². The average molecular weight is 384 g/mol. The second kappa shape index (κ2) is 8.73. The third-order valence-electron chi connectivity index (χ3n) is 3.85. The third-order valence-corrected chi connectivity index (χ3v) is 4.10. The zero-order chi connectivity index (χ0) is 19.2. The lowest BCUT2D eigenvalue weighted by molar-refractivity contribution is -0.120. The molecule has 0 fully saturated rings. The van der Waals surface area contributed by atoms with Crippen LogP contribution in [0.4, 0.5) is 0 Å². The van der Waals surface area contributed by atoms with Gasteiger partial charge in [-0.3, -0.25) is 4.79 Å². The SMILES string of the molecule is CC(C)Oc1cccc(CC(=O)NCc2cnn(-c3ccc(Cl)cc3)c2)c1. The zero-order valence-electron chi connectivity index (χ0n) is 15.4. The van der Waals surface area contributed by atoms with E-state index in [1.54, 1.807) is 10.9 Å². The first-order valence-corrected chi connectivity index (χ1v) is 9.19. The van der Waals surface area contributed by atoms with Gasteiger partial charge in [0.05, 0.1) is 24.4 Å². The number of halogens is 1. The quantitative estimate of drug-likeness (QED) is 0.666. The minimum absolute atomic E-state index is 0.0454. The van der Waals surface area contributed by atoms with Gasteiger partial charge in [-0.2, -0.15) is 5.10 Å². The van der Waals surface area contributed by atoms with Crippen LogP contribution in [0, 0.1) is 0 Å². The monoisotopic (exact) mass is 383 g/mol. The Labute approximate surface area is 163 Å². The molecule has 0 saturated heterocycles. The summed E-state index contributed by atoms with van der Waals surface area (Å²) in [5, 5.41) is 7.93. The summed E-state index contributed by atoms with van der Waals surface area (Å²) in [5.41, 5.74) is 2.76. The highest BCUT2D eigenvalue weighted by Crippen LogP contribution is 2.16. The molecule has 2 aromatic carbocycles. The van der Waals surface area contributed by atoms with E-state index in [0.717, 1.165) is 22.6 Å². The van der Waals surface area contributed by atoms with Gasteiger partial charge < -0.3 is 10.1 Å². The van der Waals surface area contributed by atoms with Gasteiger partial charge >= 0.3 is 0 Å². The van der Waals surface area contributed by atoms with Gasteiger partial charge in [0.15, 0.2) is 0 Å². The third kappa shape index (κ3) is 5.59. The van der Waals surface area contributed by atoms with Crippen LogP contribution in [-0.2, 0) is 17.8 Å². The van der Waals surface area contributed by atoms with Crippen LogP contribution in [0.1, 0.15) is 25.0 Å². The maximum atomic E-state index is 12.2. The largest absolute Gasteiger partial charge is 0.491 e. The van der Waals surface area contributed by atoms with Crippen LogP contribution in [0.3, 0.4) is 0 Å². The van der Waals surface area contributed by atoms with E-state index >= 15 is 0 Å². The van der Waals surface area contributed by atoms with E-state index in [1.165, 1.54) is 0 Å². The lowest BCUT2D eigenvalue weighted by Gasteiger charge is -2.11. The number of hydrogen-bond donors (Lipinski definition) is 1. The van der Waals surface area contributed by atoms with Crippen LogP contribution < -0.4 is 10.1 Å². The Kier molecular flexibility index (Phi) is 6.14. The molecular weight excluding hydrogens is 362 g/mol. The van der Waals surface area contributed by atoms with E-state index in [9.17, 15) is 4.79 Å². The summed E-state index contributed by atoms with van der Waals surface area (Å²) in [6, 6.07) is 15.0. The molecule has 1 heterocycles. The summed E-state index contributed by atoms with van der Waals surface area (Å²) >= 11 is 5.90. The van der Waals surface area contributed by atoms with Crippen molar-refractivity contribution in [3.8, 4) is 11.4 Å². The minimum atomic E-state index is -0.0454. The zero-order valence-corrected chi connectivity index (χ0v) is 16.1. The Morgan fingerprint density at radius 2 is 1.96 bits per heavy atom. The van der Waals surface area contributed by atoms with Crippen LogP contribution >= 0.6 is 11.6 Å². The number of nitrogens with one attached hydrogen (secondary N) is 1. The van der Waals surface area contributed by atoms with Crippen molar-refractivity contribution in [2.75, 3.05) is 0 Å². The van der Waals surface area contributed by atoms with E-state index in [-0.39, 0.29) is 12.0 Å². The van der Waals surface area contributed by atoms with E-state index in [2.05, 4.69) is 10.4 Å². The second-order valence-electron chi connectivity index (χ2n) is 6.54. The second-order valence-corrected chi connectivity index (χ2v) is 6.97. The number of rotatable bonds is 7. The minimum Gasteiger partial charge on any atom is -0.491 e. The molecule has 0 bridgehead atoms. The van der Waals surface area contributed by atoms with Crippen LogP contribution in [0.5, 0.6) is 5.75 Å². The van der Waals surface area contributed by atoms with Gasteiger partial charge in [0.25, 0.3) is 0 Å². The van der Waals surface area contributed by atoms with E-state index < -0.39 is 0 Å². The molecule has 3 rings (SSSR count). The molecule has 0 atom stereocenters. The predicted octanol–water partition coefficient (Wildman–Crippen LogP) is 4.17. The first kappa shape index (κ1) is 19.0. The Morgan fingerprint density at radius 1 is 1.19 bits per heavy atom. The van der Waals surface area contributed by atoms with Gasteiger partial charge in [-0.15, -0.1) is 0 Å². The fourth-order valence-corrected chi connectivity index (χ4v) is 2.76. The van der Waals surface area contributed by atoms with Crippen molar-refractivity contribution in [1.82, 2.24) is 15.1 Å². The molecule has 0 saturated carbocycles. The molecule has 0 spiro atoms. The first-order valence-electron chi connectivity index (χ1n) is 8.81. The summed E-state index contributed by atoms with van der Waals surface area (Å²) in [7, 11) is 0. The molecule has 140 valence electrons. The smallest absolute Gasteiger partial charge is 0.224 e. The van der Waals surface area contributed by atoms with Gasteiger partial charge in [0.2, 0.25) is 5.91 Å². The summed E-state index contributed by atoms with van der Waals surface area (Å²) in [6.45, 7) is 4.38. The van der Waals surface area contributed by atoms with Gasteiger partial charge in [-0.05, 0) is 55.8 Å². The molecule has 1 N–H and O–H groups in total. The van der Waals surface area contributed by atoms with Gasteiger partial charge in [-0.1, -0.05) is 23.7 Å². The number of ether oxygens (including phenoxy) is 1. The molecule has 0 unspecified atom stereocenters. The molecule has 3 aromatic rings. The summed E-state index contributed by atoms with van der Waals surface area (Å²) in [5.74, 6) is 0.732. The van der Waals surface area contributed by atoms with Crippen molar-refractivity contribution in [3.05, 3.63) is 77.1 Å². The molecule has 0 aliphatic heterocycles. The van der Waals surface area contributed by atoms with Gasteiger partial charge in [0.1, 0.15) is 5.75 Å². The Bertz CT molecular complexity index is 904. The molecule has 6 heteroatoms. The van der Waals surface area contributed by atoms with Gasteiger partial charge in [-0.25, -0.2) is 4.68 Å². The van der Waals surface area contributed by atoms with Gasteiger partial charge in [0, 0.05) is 23.3 Å². The average Bonchev–Trinajstić information content (AvgIpc) is 3.09. The summed E-state index contributed by atoms with van der Waals surface area (Å²) < 4.78 is 7.42. The first-order chi connectivity index (χ1) is 13.0. The molecule has 27 heavy (non-hydrogen) atoms. The van der Waals surface area contributed by atoms with E-state index in [4.69, 9.17) is 16.3 Å². The topological polar surface area (TPSA) is 56.1 Å². The van der Waals surface area contributed by atoms with Crippen LogP contribution in [0.2, 0.25) is 5.02 Å². The number of carbonyl (C=O) groups excluding carboxylic acids is 1. The Hall–Kier alpha value is -2.79. The number of aromatic nitrogens is 2. The molecule has 0 aliphatic rings. The predicted molar refractivity (Wildman–Crippen MR) is 106 cm³/mol. The van der Waals surface area contributed by atoms with Crippen LogP contribution in [-0.4, -0.2) is 21.8 Å². The van der Waals surface area contributed by atoms with Crippen molar-refractivity contribution in [3.63, 3.8) is 0 Å². The van der Waals surface area contributed by atoms with Crippen LogP contribution in [0.15, 0.2) is 60.9 Å². The molecular formula is C21H22ClN3O2. The normalized spacial score (nSPS) is 10.8. The fourth-order valence-electron chi connectivity index (χ4n) is 2.64. The highest BCUT2D eigenvalue weighted by atomic mass is 35.5. The highest BCUT2D eigenvalue weighted by Gasteiger charge is 2.07. The maximum absolute atomic E-state index is 12.2. The summed E-state index contributed by atoms with van der Waals surface area (Å²) in [6.07, 6.45) is 4.04. The lowest BCUT2D eigenvalue weighted by atomic mass is 10.1. The number of benzene rings is 2. The lowest BCUT2D eigenvalue weighted by Crippen LogP contribution is -2.24. The number of hydrogen-bond acceptors (Lipinski definition) is 3. The van der Waals surface area contributed by atoms with Crippen molar-refractivity contribution in [2.45, 2.75) is 32.9 Å². The molecule has 1 amide bonds. The standard InChI is InChI=1S/C21H22ClN3O2/c1-15(2)27-20-5-3-4-16(10-20)11-21(26)23-12-17-13-24-25(14-17)19-8-6-18(22)7-9-19/h3-10,13-15H,11-12H2,1-2H3,(H,23,26). The Morgan fingerprint density at radius 3 is 2.70 bits per heavy atom. The van der Waals surface area contributed by atoms with E-state index in [0.29, 0.717) is 18.0 Å². The van der Waals surface area contributed by atoms with Crippen molar-refractivity contribution >= 4 is 17.5 Å². The summed E-state index contributed by atoms with van der Waals surface area (Å²) in [4.78, 5) is 12.2. The van der Waals surface area contributed by atoms with Crippen molar-refractivity contribution in [2.24, 2.45) is 0 Å².